The topological polar surface area (TPSA) is 86.7 Å². The minimum Gasteiger partial charge on any atom is -0.497 e. The largest absolute Gasteiger partial charge is 0.497 e. The van der Waals surface area contributed by atoms with E-state index in [1.807, 2.05) is 25.1 Å². The number of benzene rings is 3. The summed E-state index contributed by atoms with van der Waals surface area (Å²) in [5.41, 5.74) is 3.01. The molecule has 0 aromatic heterocycles. The molecule has 35 heavy (non-hydrogen) atoms. The molecule has 0 saturated carbocycles. The molecule has 0 unspecified atom stereocenters. The quantitative estimate of drug-likeness (QED) is 0.454. The molecule has 3 aromatic rings. The lowest BCUT2D eigenvalue weighted by molar-refractivity contribution is 0.348. The standard InChI is InChI=1S/C26H28N2O6S/c1-17-6-9-22(10-7-17)35(29,30)28-24(18-8-11-25(33-4)26(14-18)34-5)16-23(27-28)19-12-20(31-2)15-21(13-19)32-3/h6-15,24H,16H2,1-5H3/t24-/m1/s1. The Labute approximate surface area is 205 Å². The van der Waals surface area contributed by atoms with E-state index in [0.29, 0.717) is 40.7 Å². The van der Waals surface area contributed by atoms with Crippen molar-refractivity contribution in [1.29, 1.82) is 0 Å². The minimum atomic E-state index is -3.95. The Kier molecular flexibility index (Phi) is 6.88. The molecule has 8 nitrogen and oxygen atoms in total. The highest BCUT2D eigenvalue weighted by Crippen LogP contribution is 2.40. The smallest absolute Gasteiger partial charge is 0.279 e. The predicted octanol–water partition coefficient (Wildman–Crippen LogP) is 4.57. The molecule has 184 valence electrons. The highest BCUT2D eigenvalue weighted by Gasteiger charge is 2.38. The van der Waals surface area contributed by atoms with Gasteiger partial charge in [-0.2, -0.15) is 17.9 Å². The van der Waals surface area contributed by atoms with Crippen LogP contribution in [0, 0.1) is 6.92 Å². The van der Waals surface area contributed by atoms with Crippen molar-refractivity contribution >= 4 is 15.7 Å². The van der Waals surface area contributed by atoms with Gasteiger partial charge in [0.05, 0.1) is 45.1 Å². The van der Waals surface area contributed by atoms with Gasteiger partial charge < -0.3 is 18.9 Å². The van der Waals surface area contributed by atoms with Crippen LogP contribution in [0.4, 0.5) is 0 Å². The number of hydrogen-bond acceptors (Lipinski definition) is 7. The van der Waals surface area contributed by atoms with E-state index < -0.39 is 16.1 Å². The Bertz CT molecular complexity index is 1330. The molecular weight excluding hydrogens is 468 g/mol. The maximum absolute atomic E-state index is 13.7. The molecule has 1 atom stereocenters. The van der Waals surface area contributed by atoms with Crippen LogP contribution in [0.1, 0.15) is 29.2 Å². The van der Waals surface area contributed by atoms with Gasteiger partial charge in [0.15, 0.2) is 11.5 Å². The van der Waals surface area contributed by atoms with Crippen molar-refractivity contribution in [3.63, 3.8) is 0 Å². The molecule has 9 heteroatoms. The molecule has 0 radical (unpaired) electrons. The fourth-order valence-electron chi connectivity index (χ4n) is 3.99. The number of hydrazone groups is 1. The summed E-state index contributed by atoms with van der Waals surface area (Å²) < 4.78 is 50.3. The van der Waals surface area contributed by atoms with Crippen LogP contribution in [-0.4, -0.2) is 47.0 Å². The highest BCUT2D eigenvalue weighted by atomic mass is 32.2. The van der Waals surface area contributed by atoms with Crippen molar-refractivity contribution in [3.8, 4) is 23.0 Å². The molecule has 1 aliphatic heterocycles. The van der Waals surface area contributed by atoms with Gasteiger partial charge in [-0.15, -0.1) is 0 Å². The Morgan fingerprint density at radius 3 is 2.00 bits per heavy atom. The van der Waals surface area contributed by atoms with Gasteiger partial charge in [-0.3, -0.25) is 0 Å². The summed E-state index contributed by atoms with van der Waals surface area (Å²) in [5, 5.41) is 4.61. The molecular formula is C26H28N2O6S. The summed E-state index contributed by atoms with van der Waals surface area (Å²) in [6.45, 7) is 1.91. The van der Waals surface area contributed by atoms with Crippen molar-refractivity contribution in [2.24, 2.45) is 5.10 Å². The summed E-state index contributed by atoms with van der Waals surface area (Å²) in [6.07, 6.45) is 0.344. The van der Waals surface area contributed by atoms with Gasteiger partial charge in [0.2, 0.25) is 0 Å². The molecule has 4 rings (SSSR count). The summed E-state index contributed by atoms with van der Waals surface area (Å²) in [7, 11) is 2.28. The van der Waals surface area contributed by atoms with Gasteiger partial charge in [0, 0.05) is 18.1 Å². The van der Waals surface area contributed by atoms with E-state index in [1.54, 1.807) is 70.9 Å². The van der Waals surface area contributed by atoms with Gasteiger partial charge >= 0.3 is 0 Å². The Morgan fingerprint density at radius 1 is 0.800 bits per heavy atom. The molecule has 3 aromatic carbocycles. The summed E-state index contributed by atoms with van der Waals surface area (Å²) >= 11 is 0. The fourth-order valence-corrected chi connectivity index (χ4v) is 5.42. The minimum absolute atomic E-state index is 0.168. The lowest BCUT2D eigenvalue weighted by Gasteiger charge is -2.24. The molecule has 0 N–H and O–H groups in total. The molecule has 0 aliphatic carbocycles. The molecule has 1 aliphatic rings. The first-order valence-electron chi connectivity index (χ1n) is 10.9. The zero-order valence-electron chi connectivity index (χ0n) is 20.3. The second-order valence-corrected chi connectivity index (χ2v) is 9.87. The van der Waals surface area contributed by atoms with Crippen LogP contribution in [0.15, 0.2) is 70.7 Å². The van der Waals surface area contributed by atoms with Crippen LogP contribution >= 0.6 is 0 Å². The van der Waals surface area contributed by atoms with Gasteiger partial charge in [-0.05, 0) is 48.9 Å². The van der Waals surface area contributed by atoms with E-state index in [1.165, 1.54) is 4.41 Å². The van der Waals surface area contributed by atoms with Crippen LogP contribution in [0.3, 0.4) is 0 Å². The van der Waals surface area contributed by atoms with Crippen LogP contribution in [0.5, 0.6) is 23.0 Å². The number of aryl methyl sites for hydroxylation is 1. The molecule has 0 bridgehead atoms. The van der Waals surface area contributed by atoms with Crippen LogP contribution in [-0.2, 0) is 10.0 Å². The van der Waals surface area contributed by atoms with Gasteiger partial charge in [0.1, 0.15) is 11.5 Å². The zero-order chi connectivity index (χ0) is 25.2. The monoisotopic (exact) mass is 496 g/mol. The number of ether oxygens (including phenoxy) is 4. The van der Waals surface area contributed by atoms with Crippen molar-refractivity contribution < 1.29 is 27.4 Å². The molecule has 0 fully saturated rings. The average molecular weight is 497 g/mol. The maximum Gasteiger partial charge on any atom is 0.279 e. The van der Waals surface area contributed by atoms with E-state index in [9.17, 15) is 8.42 Å². The van der Waals surface area contributed by atoms with Crippen molar-refractivity contribution in [1.82, 2.24) is 4.41 Å². The average Bonchev–Trinajstić information content (AvgIpc) is 3.34. The Balaban J connectivity index is 1.84. The molecule has 0 saturated heterocycles. The number of methoxy groups -OCH3 is 4. The number of nitrogens with zero attached hydrogens (tertiary/aromatic N) is 2. The van der Waals surface area contributed by atoms with E-state index in [-0.39, 0.29) is 4.90 Å². The van der Waals surface area contributed by atoms with Crippen LogP contribution in [0.25, 0.3) is 0 Å². The van der Waals surface area contributed by atoms with Crippen molar-refractivity contribution in [2.45, 2.75) is 24.3 Å². The SMILES string of the molecule is COc1cc(OC)cc(C2=NN(S(=O)(=O)c3ccc(C)cc3)[C@@H](c3ccc(OC)c(OC)c3)C2)c1. The second-order valence-electron chi connectivity index (χ2n) is 8.07. The highest BCUT2D eigenvalue weighted by molar-refractivity contribution is 7.89. The number of rotatable bonds is 8. The van der Waals surface area contributed by atoms with Crippen molar-refractivity contribution in [3.05, 3.63) is 77.4 Å². The van der Waals surface area contributed by atoms with Gasteiger partial charge in [0.25, 0.3) is 10.0 Å². The van der Waals surface area contributed by atoms with E-state index in [2.05, 4.69) is 5.10 Å². The second kappa shape index (κ2) is 9.87. The first-order chi connectivity index (χ1) is 16.8. The maximum atomic E-state index is 13.7. The lowest BCUT2D eigenvalue weighted by Crippen LogP contribution is -2.27. The molecule has 1 heterocycles. The van der Waals surface area contributed by atoms with Crippen LogP contribution in [0.2, 0.25) is 0 Å². The first-order valence-corrected chi connectivity index (χ1v) is 12.4. The fraction of sp³-hybridized carbons (Fsp3) is 0.269. The molecule has 0 spiro atoms. The Morgan fingerprint density at radius 2 is 1.43 bits per heavy atom. The van der Waals surface area contributed by atoms with Gasteiger partial charge in [-0.25, -0.2) is 0 Å². The normalized spacial score (nSPS) is 15.5. The third kappa shape index (κ3) is 4.77. The first kappa shape index (κ1) is 24.4. The number of sulfonamides is 1. The Hall–Kier alpha value is -3.72. The number of hydrogen-bond donors (Lipinski definition) is 0. The van der Waals surface area contributed by atoms with Crippen LogP contribution < -0.4 is 18.9 Å². The van der Waals surface area contributed by atoms with Crippen molar-refractivity contribution in [2.75, 3.05) is 28.4 Å². The van der Waals surface area contributed by atoms with Gasteiger partial charge in [-0.1, -0.05) is 23.8 Å². The summed E-state index contributed by atoms with van der Waals surface area (Å²) in [4.78, 5) is 0.168. The zero-order valence-corrected chi connectivity index (χ0v) is 21.1. The van der Waals surface area contributed by atoms with E-state index in [0.717, 1.165) is 11.1 Å². The predicted molar refractivity (Wildman–Crippen MR) is 133 cm³/mol. The van der Waals surface area contributed by atoms with E-state index in [4.69, 9.17) is 18.9 Å². The third-order valence-electron chi connectivity index (χ3n) is 5.91. The summed E-state index contributed by atoms with van der Waals surface area (Å²) in [6, 6.07) is 16.9. The van der Waals surface area contributed by atoms with E-state index >= 15 is 0 Å². The lowest BCUT2D eigenvalue weighted by atomic mass is 9.98. The third-order valence-corrected chi connectivity index (χ3v) is 7.61. The molecule has 0 amide bonds. The summed E-state index contributed by atoms with van der Waals surface area (Å²) in [5.74, 6) is 2.24.